The lowest BCUT2D eigenvalue weighted by atomic mass is 9.95. The number of aliphatic hydroxyl groups excluding tert-OH is 1. The summed E-state index contributed by atoms with van der Waals surface area (Å²) in [6, 6.07) is 7.97. The van der Waals surface area contributed by atoms with Gasteiger partial charge < -0.3 is 14.6 Å². The first kappa shape index (κ1) is 13.4. The first-order valence-electron chi connectivity index (χ1n) is 6.71. The Morgan fingerprint density at radius 3 is 2.78 bits per heavy atom. The van der Waals surface area contributed by atoms with Crippen molar-refractivity contribution in [3.8, 4) is 5.75 Å². The maximum Gasteiger partial charge on any atom is 0.122 e. The maximum absolute atomic E-state index is 9.05. The fraction of sp³-hybridized carbons (Fsp3) is 0.600. The average molecular weight is 250 g/mol. The van der Waals surface area contributed by atoms with Crippen LogP contribution in [0.2, 0.25) is 0 Å². The van der Waals surface area contributed by atoms with Crippen molar-refractivity contribution in [2.45, 2.75) is 44.3 Å². The number of para-hydroxylation sites is 1. The van der Waals surface area contributed by atoms with Crippen molar-refractivity contribution >= 4 is 0 Å². The second kappa shape index (κ2) is 6.76. The van der Waals surface area contributed by atoms with Gasteiger partial charge in [-0.25, -0.2) is 0 Å². The minimum atomic E-state index is 0.158. The molecule has 0 heterocycles. The third-order valence-electron chi connectivity index (χ3n) is 3.56. The summed E-state index contributed by atoms with van der Waals surface area (Å²) < 4.78 is 11.5. The van der Waals surface area contributed by atoms with E-state index >= 15 is 0 Å². The predicted octanol–water partition coefficient (Wildman–Crippen LogP) is 2.56. The largest absolute Gasteiger partial charge is 0.490 e. The molecule has 0 spiro atoms. The lowest BCUT2D eigenvalue weighted by molar-refractivity contribution is 0.0206. The molecule has 2 rings (SSSR count). The fourth-order valence-corrected chi connectivity index (χ4v) is 2.55. The smallest absolute Gasteiger partial charge is 0.122 e. The van der Waals surface area contributed by atoms with Gasteiger partial charge in [-0.05, 0) is 37.3 Å². The molecule has 0 aromatic heterocycles. The van der Waals surface area contributed by atoms with E-state index in [1.54, 1.807) is 7.11 Å². The standard InChI is InChI=1S/C15H22O3/c1-17-13-6-4-7-14(11-13)18-15-8-3-2-5-12(15)9-10-16/h2-3,5,8,13-14,16H,4,6-7,9-11H2,1H3. The Bertz CT molecular complexity index is 365. The maximum atomic E-state index is 9.05. The number of aliphatic hydroxyl groups is 1. The summed E-state index contributed by atoms with van der Waals surface area (Å²) in [6.45, 7) is 0.158. The SMILES string of the molecule is COC1CCCC(Oc2ccccc2CCO)C1. The van der Waals surface area contributed by atoms with Crippen LogP contribution in [0.25, 0.3) is 0 Å². The van der Waals surface area contributed by atoms with Crippen molar-refractivity contribution in [1.29, 1.82) is 0 Å². The van der Waals surface area contributed by atoms with Gasteiger partial charge >= 0.3 is 0 Å². The molecular formula is C15H22O3. The lowest BCUT2D eigenvalue weighted by Gasteiger charge is -2.29. The van der Waals surface area contributed by atoms with Gasteiger partial charge in [0.2, 0.25) is 0 Å². The van der Waals surface area contributed by atoms with Gasteiger partial charge in [-0.15, -0.1) is 0 Å². The molecule has 0 bridgehead atoms. The Balaban J connectivity index is 1.99. The van der Waals surface area contributed by atoms with E-state index in [9.17, 15) is 0 Å². The summed E-state index contributed by atoms with van der Waals surface area (Å²) in [7, 11) is 1.77. The number of rotatable bonds is 5. The molecule has 0 radical (unpaired) electrons. The van der Waals surface area contributed by atoms with Crippen LogP contribution in [0.5, 0.6) is 5.75 Å². The Kier molecular flexibility index (Phi) is 5.02. The zero-order chi connectivity index (χ0) is 12.8. The van der Waals surface area contributed by atoms with Gasteiger partial charge in [0.1, 0.15) is 11.9 Å². The highest BCUT2D eigenvalue weighted by atomic mass is 16.5. The molecule has 0 aliphatic heterocycles. The normalized spacial score (nSPS) is 23.9. The second-order valence-corrected chi connectivity index (χ2v) is 4.85. The van der Waals surface area contributed by atoms with Crippen LogP contribution < -0.4 is 4.74 Å². The van der Waals surface area contributed by atoms with Crippen LogP contribution in [0, 0.1) is 0 Å². The van der Waals surface area contributed by atoms with Crippen LogP contribution in [-0.2, 0) is 11.2 Å². The fourth-order valence-electron chi connectivity index (χ4n) is 2.55. The molecule has 1 aliphatic carbocycles. The van der Waals surface area contributed by atoms with Crippen LogP contribution >= 0.6 is 0 Å². The van der Waals surface area contributed by atoms with Gasteiger partial charge in [0.05, 0.1) is 6.10 Å². The van der Waals surface area contributed by atoms with Crippen LogP contribution in [0.15, 0.2) is 24.3 Å². The summed E-state index contributed by atoms with van der Waals surface area (Å²) in [6.07, 6.45) is 5.56. The van der Waals surface area contributed by atoms with Gasteiger partial charge in [-0.3, -0.25) is 0 Å². The molecular weight excluding hydrogens is 228 g/mol. The van der Waals surface area contributed by atoms with E-state index in [1.807, 2.05) is 24.3 Å². The summed E-state index contributed by atoms with van der Waals surface area (Å²) in [5, 5.41) is 9.05. The number of hydrogen-bond donors (Lipinski definition) is 1. The summed E-state index contributed by atoms with van der Waals surface area (Å²) >= 11 is 0. The molecule has 1 aliphatic rings. The third kappa shape index (κ3) is 3.47. The molecule has 1 aromatic carbocycles. The average Bonchev–Trinajstić information content (AvgIpc) is 2.41. The minimum absolute atomic E-state index is 0.158. The Hall–Kier alpha value is -1.06. The van der Waals surface area contributed by atoms with Crippen molar-refractivity contribution in [3.63, 3.8) is 0 Å². The Morgan fingerprint density at radius 2 is 2.00 bits per heavy atom. The Labute approximate surface area is 109 Å². The third-order valence-corrected chi connectivity index (χ3v) is 3.56. The molecule has 2 unspecified atom stereocenters. The number of hydrogen-bond acceptors (Lipinski definition) is 3. The van der Waals surface area contributed by atoms with Gasteiger partial charge in [0, 0.05) is 20.1 Å². The highest BCUT2D eigenvalue weighted by Crippen LogP contribution is 2.27. The molecule has 1 N–H and O–H groups in total. The van der Waals surface area contributed by atoms with E-state index in [4.69, 9.17) is 14.6 Å². The van der Waals surface area contributed by atoms with Gasteiger partial charge in [0.25, 0.3) is 0 Å². The van der Waals surface area contributed by atoms with E-state index in [2.05, 4.69) is 0 Å². The molecule has 1 saturated carbocycles. The number of methoxy groups -OCH3 is 1. The first-order valence-corrected chi connectivity index (χ1v) is 6.71. The molecule has 100 valence electrons. The number of ether oxygens (including phenoxy) is 2. The summed E-state index contributed by atoms with van der Waals surface area (Å²) in [5.74, 6) is 0.910. The topological polar surface area (TPSA) is 38.7 Å². The lowest BCUT2D eigenvalue weighted by Crippen LogP contribution is -2.29. The van der Waals surface area contributed by atoms with Gasteiger partial charge in [-0.1, -0.05) is 18.2 Å². The van der Waals surface area contributed by atoms with Crippen LogP contribution in [-0.4, -0.2) is 31.0 Å². The first-order chi connectivity index (χ1) is 8.83. The molecule has 3 nitrogen and oxygen atoms in total. The molecule has 1 fully saturated rings. The van der Waals surface area contributed by atoms with Crippen molar-refractivity contribution in [2.24, 2.45) is 0 Å². The molecule has 1 aromatic rings. The van der Waals surface area contributed by atoms with Crippen LogP contribution in [0.3, 0.4) is 0 Å². The van der Waals surface area contributed by atoms with E-state index in [0.29, 0.717) is 12.5 Å². The van der Waals surface area contributed by atoms with E-state index in [0.717, 1.165) is 37.0 Å². The molecule has 3 heteroatoms. The van der Waals surface area contributed by atoms with Gasteiger partial charge in [0.15, 0.2) is 0 Å². The number of benzene rings is 1. The van der Waals surface area contributed by atoms with E-state index in [-0.39, 0.29) is 12.7 Å². The van der Waals surface area contributed by atoms with Crippen molar-refractivity contribution in [1.82, 2.24) is 0 Å². The van der Waals surface area contributed by atoms with Crippen molar-refractivity contribution in [3.05, 3.63) is 29.8 Å². The molecule has 18 heavy (non-hydrogen) atoms. The summed E-state index contributed by atoms with van der Waals surface area (Å²) in [5.41, 5.74) is 1.08. The van der Waals surface area contributed by atoms with Gasteiger partial charge in [-0.2, -0.15) is 0 Å². The zero-order valence-electron chi connectivity index (χ0n) is 11.0. The predicted molar refractivity (Wildman–Crippen MR) is 70.9 cm³/mol. The minimum Gasteiger partial charge on any atom is -0.490 e. The Morgan fingerprint density at radius 1 is 1.22 bits per heavy atom. The van der Waals surface area contributed by atoms with Crippen molar-refractivity contribution < 1.29 is 14.6 Å². The second-order valence-electron chi connectivity index (χ2n) is 4.85. The van der Waals surface area contributed by atoms with E-state index < -0.39 is 0 Å². The summed E-state index contributed by atoms with van der Waals surface area (Å²) in [4.78, 5) is 0. The molecule has 0 saturated heterocycles. The van der Waals surface area contributed by atoms with E-state index in [1.165, 1.54) is 0 Å². The highest BCUT2D eigenvalue weighted by Gasteiger charge is 2.23. The zero-order valence-corrected chi connectivity index (χ0v) is 11.0. The van der Waals surface area contributed by atoms with Crippen LogP contribution in [0.1, 0.15) is 31.2 Å². The quantitative estimate of drug-likeness (QED) is 0.873. The van der Waals surface area contributed by atoms with Crippen molar-refractivity contribution in [2.75, 3.05) is 13.7 Å². The molecule has 2 atom stereocenters. The monoisotopic (exact) mass is 250 g/mol. The van der Waals surface area contributed by atoms with Crippen LogP contribution in [0.4, 0.5) is 0 Å². The molecule has 0 amide bonds. The highest BCUT2D eigenvalue weighted by molar-refractivity contribution is 5.33.